The smallest absolute Gasteiger partial charge is 0.175 e. The Kier molecular flexibility index (Phi) is 2.09. The summed E-state index contributed by atoms with van der Waals surface area (Å²) in [6.45, 7) is 0. The van der Waals surface area contributed by atoms with Crippen molar-refractivity contribution in [2.24, 2.45) is 0 Å². The van der Waals surface area contributed by atoms with Gasteiger partial charge in [0.1, 0.15) is 0 Å². The Labute approximate surface area is 89.3 Å². The van der Waals surface area contributed by atoms with Gasteiger partial charge in [0.05, 0.1) is 16.4 Å². The number of benzene rings is 1. The average molecular weight is 221 g/mol. The van der Waals surface area contributed by atoms with E-state index in [1.807, 2.05) is 0 Å². The molecular formula is C11H11NO2S. The van der Waals surface area contributed by atoms with Crippen molar-refractivity contribution in [2.75, 3.05) is 6.26 Å². The number of hydrogen-bond acceptors (Lipinski definition) is 3. The number of rotatable bonds is 2. The van der Waals surface area contributed by atoms with Crippen LogP contribution in [0.3, 0.4) is 0 Å². The minimum absolute atomic E-state index is 0.295. The van der Waals surface area contributed by atoms with Crippen LogP contribution in [0.15, 0.2) is 29.2 Å². The van der Waals surface area contributed by atoms with Gasteiger partial charge in [-0.1, -0.05) is 18.2 Å². The largest absolute Gasteiger partial charge is 0.224 e. The number of nitrogens with zero attached hydrogens (tertiary/aromatic N) is 1. The van der Waals surface area contributed by atoms with E-state index in [1.54, 1.807) is 24.3 Å². The molecule has 15 heavy (non-hydrogen) atoms. The maximum absolute atomic E-state index is 11.5. The highest BCUT2D eigenvalue weighted by Gasteiger charge is 2.47. The van der Waals surface area contributed by atoms with Crippen LogP contribution in [0, 0.1) is 11.3 Å². The predicted octanol–water partition coefficient (Wildman–Crippen LogP) is 1.65. The highest BCUT2D eigenvalue weighted by atomic mass is 32.2. The fraction of sp³-hybridized carbons (Fsp3) is 0.364. The standard InChI is InChI=1S/C11H11NO2S/c1-15(13,14)10-5-3-2-4-9(10)11(8-12)6-7-11/h2-5H,6-7H2,1H3. The topological polar surface area (TPSA) is 57.9 Å². The summed E-state index contributed by atoms with van der Waals surface area (Å²) >= 11 is 0. The van der Waals surface area contributed by atoms with Gasteiger partial charge in [-0.15, -0.1) is 0 Å². The Morgan fingerprint density at radius 1 is 1.33 bits per heavy atom. The van der Waals surface area contributed by atoms with E-state index in [1.165, 1.54) is 6.26 Å². The van der Waals surface area contributed by atoms with Gasteiger partial charge in [0.15, 0.2) is 9.84 Å². The summed E-state index contributed by atoms with van der Waals surface area (Å²) in [5.74, 6) is 0. The van der Waals surface area contributed by atoms with Crippen LogP contribution in [-0.2, 0) is 15.3 Å². The summed E-state index contributed by atoms with van der Waals surface area (Å²) in [6, 6.07) is 9.00. The van der Waals surface area contributed by atoms with Gasteiger partial charge < -0.3 is 0 Å². The molecule has 0 N–H and O–H groups in total. The van der Waals surface area contributed by atoms with Gasteiger partial charge in [-0.25, -0.2) is 8.42 Å². The summed E-state index contributed by atoms with van der Waals surface area (Å²) < 4.78 is 23.1. The molecule has 2 rings (SSSR count). The van der Waals surface area contributed by atoms with Gasteiger partial charge in [0.2, 0.25) is 0 Å². The lowest BCUT2D eigenvalue weighted by molar-refractivity contribution is 0.599. The minimum Gasteiger partial charge on any atom is -0.224 e. The molecule has 1 aromatic carbocycles. The first-order chi connectivity index (χ1) is 6.99. The molecule has 0 amide bonds. The molecule has 0 unspecified atom stereocenters. The first-order valence-electron chi connectivity index (χ1n) is 4.70. The second-order valence-corrected chi connectivity index (χ2v) is 5.95. The van der Waals surface area contributed by atoms with E-state index in [0.29, 0.717) is 10.5 Å². The van der Waals surface area contributed by atoms with Gasteiger partial charge in [-0.05, 0) is 24.5 Å². The summed E-state index contributed by atoms with van der Waals surface area (Å²) in [7, 11) is -3.24. The van der Waals surface area contributed by atoms with Crippen molar-refractivity contribution in [3.63, 3.8) is 0 Å². The fourth-order valence-electron chi connectivity index (χ4n) is 1.75. The van der Waals surface area contributed by atoms with Crippen molar-refractivity contribution >= 4 is 9.84 Å². The van der Waals surface area contributed by atoms with E-state index in [9.17, 15) is 8.42 Å². The average Bonchev–Trinajstić information content (AvgIpc) is 2.97. The molecule has 0 aromatic heterocycles. The molecule has 0 spiro atoms. The summed E-state index contributed by atoms with van der Waals surface area (Å²) in [6.07, 6.45) is 2.70. The van der Waals surface area contributed by atoms with Crippen LogP contribution in [0.25, 0.3) is 0 Å². The molecule has 0 saturated heterocycles. The molecule has 1 aliphatic carbocycles. The quantitative estimate of drug-likeness (QED) is 0.762. The molecule has 0 atom stereocenters. The van der Waals surface area contributed by atoms with Crippen molar-refractivity contribution in [1.82, 2.24) is 0 Å². The second kappa shape index (κ2) is 3.07. The molecule has 1 aliphatic rings. The van der Waals surface area contributed by atoms with Crippen LogP contribution >= 0.6 is 0 Å². The lowest BCUT2D eigenvalue weighted by Crippen LogP contribution is -2.10. The van der Waals surface area contributed by atoms with Crippen molar-refractivity contribution in [3.05, 3.63) is 29.8 Å². The normalized spacial score (nSPS) is 18.1. The molecule has 0 bridgehead atoms. The molecule has 4 heteroatoms. The summed E-state index contributed by atoms with van der Waals surface area (Å²) in [4.78, 5) is 0.295. The third kappa shape index (κ3) is 1.64. The first-order valence-corrected chi connectivity index (χ1v) is 6.60. The van der Waals surface area contributed by atoms with Crippen molar-refractivity contribution in [2.45, 2.75) is 23.2 Å². The zero-order chi connectivity index (χ0) is 11.1. The highest BCUT2D eigenvalue weighted by molar-refractivity contribution is 7.90. The minimum atomic E-state index is -3.24. The molecule has 0 heterocycles. The fourth-order valence-corrected chi connectivity index (χ4v) is 2.74. The van der Waals surface area contributed by atoms with Crippen molar-refractivity contribution in [1.29, 1.82) is 5.26 Å². The molecular weight excluding hydrogens is 210 g/mol. The Balaban J connectivity index is 2.64. The third-order valence-corrected chi connectivity index (χ3v) is 3.92. The van der Waals surface area contributed by atoms with Crippen LogP contribution in [0.1, 0.15) is 18.4 Å². The van der Waals surface area contributed by atoms with Gasteiger partial charge in [-0.3, -0.25) is 0 Å². The van der Waals surface area contributed by atoms with E-state index in [4.69, 9.17) is 5.26 Å². The zero-order valence-electron chi connectivity index (χ0n) is 8.40. The maximum atomic E-state index is 11.5. The number of hydrogen-bond donors (Lipinski definition) is 0. The summed E-state index contributed by atoms with van der Waals surface area (Å²) in [5, 5.41) is 9.06. The molecule has 3 nitrogen and oxygen atoms in total. The predicted molar refractivity (Wildman–Crippen MR) is 56.1 cm³/mol. The Morgan fingerprint density at radius 3 is 2.40 bits per heavy atom. The highest BCUT2D eigenvalue weighted by Crippen LogP contribution is 2.49. The van der Waals surface area contributed by atoms with Crippen molar-refractivity contribution < 1.29 is 8.42 Å². The van der Waals surface area contributed by atoms with Crippen LogP contribution in [0.4, 0.5) is 0 Å². The summed E-state index contributed by atoms with van der Waals surface area (Å²) in [5.41, 5.74) is 0.120. The Hall–Kier alpha value is -1.34. The zero-order valence-corrected chi connectivity index (χ0v) is 9.21. The van der Waals surface area contributed by atoms with E-state index in [0.717, 1.165) is 12.8 Å². The van der Waals surface area contributed by atoms with E-state index < -0.39 is 15.3 Å². The van der Waals surface area contributed by atoms with Crippen LogP contribution < -0.4 is 0 Å². The Bertz CT molecular complexity index is 536. The lowest BCUT2D eigenvalue weighted by atomic mass is 9.98. The van der Waals surface area contributed by atoms with Crippen LogP contribution in [-0.4, -0.2) is 14.7 Å². The van der Waals surface area contributed by atoms with Crippen molar-refractivity contribution in [3.8, 4) is 6.07 Å². The molecule has 78 valence electrons. The second-order valence-electron chi connectivity index (χ2n) is 3.96. The van der Waals surface area contributed by atoms with Crippen LogP contribution in [0.5, 0.6) is 0 Å². The van der Waals surface area contributed by atoms with Gasteiger partial charge in [0, 0.05) is 6.26 Å². The van der Waals surface area contributed by atoms with Crippen LogP contribution in [0.2, 0.25) is 0 Å². The van der Waals surface area contributed by atoms with E-state index in [2.05, 4.69) is 6.07 Å². The molecule has 0 radical (unpaired) electrons. The van der Waals surface area contributed by atoms with Gasteiger partial charge in [0.25, 0.3) is 0 Å². The number of nitriles is 1. The first kappa shape index (κ1) is 10.2. The van der Waals surface area contributed by atoms with E-state index in [-0.39, 0.29) is 0 Å². The monoisotopic (exact) mass is 221 g/mol. The van der Waals surface area contributed by atoms with Gasteiger partial charge in [-0.2, -0.15) is 5.26 Å². The van der Waals surface area contributed by atoms with E-state index >= 15 is 0 Å². The molecule has 1 aromatic rings. The maximum Gasteiger partial charge on any atom is 0.175 e. The lowest BCUT2D eigenvalue weighted by Gasteiger charge is -2.10. The molecule has 1 fully saturated rings. The molecule has 0 aliphatic heterocycles. The Morgan fingerprint density at radius 2 is 1.93 bits per heavy atom. The third-order valence-electron chi connectivity index (χ3n) is 2.77. The molecule has 1 saturated carbocycles. The number of sulfone groups is 1. The SMILES string of the molecule is CS(=O)(=O)c1ccccc1C1(C#N)CC1. The van der Waals surface area contributed by atoms with Gasteiger partial charge >= 0.3 is 0 Å².